The van der Waals surface area contributed by atoms with Gasteiger partial charge in [-0.3, -0.25) is 0 Å². The van der Waals surface area contributed by atoms with Crippen LogP contribution in [0.2, 0.25) is 5.02 Å². The average Bonchev–Trinajstić information content (AvgIpc) is 3.18. The number of halogens is 1. The lowest BCUT2D eigenvalue weighted by Crippen LogP contribution is -2.40. The number of aromatic nitrogens is 3. The third kappa shape index (κ3) is 4.36. The molecule has 7 nitrogen and oxygen atoms in total. The number of ether oxygens (including phenoxy) is 2. The zero-order valence-electron chi connectivity index (χ0n) is 19.2. The molecule has 0 saturated carbocycles. The largest absolute Gasteiger partial charge is 0.438 e. The molecule has 5 aromatic rings. The number of nitrogens with one attached hydrogen (secondary N) is 2. The second-order valence-electron chi connectivity index (χ2n) is 8.63. The van der Waals surface area contributed by atoms with E-state index in [1.165, 1.54) is 0 Å². The number of imidazole rings is 1. The van der Waals surface area contributed by atoms with Gasteiger partial charge in [0.1, 0.15) is 5.75 Å². The van der Waals surface area contributed by atoms with Crippen molar-refractivity contribution >= 4 is 45.0 Å². The third-order valence-corrected chi connectivity index (χ3v) is 6.49. The second kappa shape index (κ2) is 9.09. The van der Waals surface area contributed by atoms with E-state index in [1.807, 2.05) is 61.6 Å². The fourth-order valence-corrected chi connectivity index (χ4v) is 4.39. The van der Waals surface area contributed by atoms with Gasteiger partial charge in [-0.15, -0.1) is 0 Å². The molecule has 1 saturated heterocycles. The number of hydrogen-bond donors (Lipinski definition) is 2. The zero-order chi connectivity index (χ0) is 23.8. The highest BCUT2D eigenvalue weighted by atomic mass is 35.5. The molecule has 176 valence electrons. The number of hydrogen-bond acceptors (Lipinski definition) is 6. The summed E-state index contributed by atoms with van der Waals surface area (Å²) < 4.78 is 13.4. The predicted octanol–water partition coefficient (Wildman–Crippen LogP) is 5.99. The van der Waals surface area contributed by atoms with Crippen molar-refractivity contribution in [3.05, 3.63) is 83.5 Å². The highest BCUT2D eigenvalue weighted by molar-refractivity contribution is 6.35. The summed E-state index contributed by atoms with van der Waals surface area (Å²) in [6.45, 7) is 2.16. The number of pyridine rings is 1. The molecule has 35 heavy (non-hydrogen) atoms. The van der Waals surface area contributed by atoms with E-state index in [1.54, 1.807) is 6.20 Å². The van der Waals surface area contributed by atoms with Gasteiger partial charge in [-0.2, -0.15) is 0 Å². The molecule has 2 aromatic heterocycles. The molecule has 3 heterocycles. The molecule has 1 aliphatic heterocycles. The number of anilines is 2. The van der Waals surface area contributed by atoms with Crippen molar-refractivity contribution in [2.45, 2.75) is 12.6 Å². The van der Waals surface area contributed by atoms with Gasteiger partial charge in [0.25, 0.3) is 0 Å². The smallest absolute Gasteiger partial charge is 0.227 e. The quantitative estimate of drug-likeness (QED) is 0.295. The fraction of sp³-hybridized carbons (Fsp3) is 0.185. The lowest BCUT2D eigenvalue weighted by molar-refractivity contribution is 0.0211. The van der Waals surface area contributed by atoms with Gasteiger partial charge in [-0.05, 0) is 42.0 Å². The van der Waals surface area contributed by atoms with E-state index >= 15 is 0 Å². The monoisotopic (exact) mass is 485 g/mol. The lowest BCUT2D eigenvalue weighted by Gasteiger charge is -2.27. The first-order chi connectivity index (χ1) is 17.1. The minimum Gasteiger partial charge on any atom is -0.438 e. The number of nitrogens with zero attached hydrogens (tertiary/aromatic N) is 3. The van der Waals surface area contributed by atoms with Crippen molar-refractivity contribution in [3.63, 3.8) is 0 Å². The van der Waals surface area contributed by atoms with Gasteiger partial charge in [0.2, 0.25) is 11.8 Å². The van der Waals surface area contributed by atoms with Crippen LogP contribution in [0.3, 0.4) is 0 Å². The maximum absolute atomic E-state index is 6.27. The van der Waals surface area contributed by atoms with Crippen LogP contribution in [0.1, 0.15) is 5.56 Å². The maximum atomic E-state index is 6.27. The van der Waals surface area contributed by atoms with Crippen LogP contribution in [0.5, 0.6) is 11.6 Å². The van der Waals surface area contributed by atoms with Crippen LogP contribution in [-0.4, -0.2) is 33.8 Å². The number of rotatable bonds is 7. The first-order valence-electron chi connectivity index (χ1n) is 11.5. The lowest BCUT2D eigenvalue weighted by atomic mass is 10.2. The van der Waals surface area contributed by atoms with Crippen LogP contribution in [0.4, 0.5) is 11.6 Å². The van der Waals surface area contributed by atoms with Gasteiger partial charge in [-0.1, -0.05) is 41.9 Å². The number of aryl methyl sites for hydroxylation is 1. The summed E-state index contributed by atoms with van der Waals surface area (Å²) in [4.78, 5) is 9.12. The first-order valence-corrected chi connectivity index (χ1v) is 11.9. The van der Waals surface area contributed by atoms with Crippen molar-refractivity contribution in [2.24, 2.45) is 7.05 Å². The van der Waals surface area contributed by atoms with Crippen molar-refractivity contribution in [1.82, 2.24) is 14.5 Å². The third-order valence-electron chi connectivity index (χ3n) is 6.19. The molecule has 1 fully saturated rings. The summed E-state index contributed by atoms with van der Waals surface area (Å²) in [5, 5.41) is 9.34. The maximum Gasteiger partial charge on any atom is 0.227 e. The molecular weight excluding hydrogens is 462 g/mol. The van der Waals surface area contributed by atoms with E-state index in [9.17, 15) is 0 Å². The van der Waals surface area contributed by atoms with Gasteiger partial charge in [0, 0.05) is 30.1 Å². The topological polar surface area (TPSA) is 73.2 Å². The number of benzene rings is 3. The number of fused-ring (bicyclic) bond motifs is 2. The summed E-state index contributed by atoms with van der Waals surface area (Å²) in [7, 11) is 2.02. The Morgan fingerprint density at radius 3 is 2.63 bits per heavy atom. The fourth-order valence-electron chi connectivity index (χ4n) is 4.17. The van der Waals surface area contributed by atoms with E-state index in [0.717, 1.165) is 52.2 Å². The molecule has 0 bridgehead atoms. The van der Waals surface area contributed by atoms with Crippen molar-refractivity contribution in [1.29, 1.82) is 0 Å². The van der Waals surface area contributed by atoms with Crippen molar-refractivity contribution < 1.29 is 9.47 Å². The Kier molecular flexibility index (Phi) is 5.64. The Morgan fingerprint density at radius 2 is 1.86 bits per heavy atom. The van der Waals surface area contributed by atoms with Crippen LogP contribution in [0, 0.1) is 0 Å². The minimum atomic E-state index is 0.388. The normalized spacial score (nSPS) is 13.7. The van der Waals surface area contributed by atoms with E-state index < -0.39 is 0 Å². The summed E-state index contributed by atoms with van der Waals surface area (Å²) in [5.41, 5.74) is 4.23. The predicted molar refractivity (Wildman–Crippen MR) is 140 cm³/mol. The van der Waals surface area contributed by atoms with Crippen LogP contribution in [0.15, 0.2) is 72.9 Å². The molecule has 2 N–H and O–H groups in total. The highest BCUT2D eigenvalue weighted by Crippen LogP contribution is 2.32. The van der Waals surface area contributed by atoms with Gasteiger partial charge < -0.3 is 24.7 Å². The first kappa shape index (κ1) is 21.7. The SMILES string of the molecule is Cn1c(NCc2ccc(Oc3ncc(Cl)c4ccccc34)cc2)nc2ccc(NC3COC3)cc21. The summed E-state index contributed by atoms with van der Waals surface area (Å²) in [5.74, 6) is 2.07. The standard InChI is InChI=1S/C27H24ClN5O2/c1-33-25-12-18(31-19-15-34-16-19)8-11-24(25)32-27(33)30-13-17-6-9-20(10-7-17)35-26-22-5-3-2-4-21(22)23(28)14-29-26/h2-12,14,19,31H,13,15-16H2,1H3,(H,30,32). The van der Waals surface area contributed by atoms with Crippen molar-refractivity contribution in [3.8, 4) is 11.6 Å². The highest BCUT2D eigenvalue weighted by Gasteiger charge is 2.18. The van der Waals surface area contributed by atoms with Gasteiger partial charge >= 0.3 is 0 Å². The Bertz CT molecular complexity index is 1510. The molecule has 0 aliphatic carbocycles. The molecule has 8 heteroatoms. The van der Waals surface area contributed by atoms with Gasteiger partial charge in [0.15, 0.2) is 0 Å². The van der Waals surface area contributed by atoms with Gasteiger partial charge in [-0.25, -0.2) is 9.97 Å². The average molecular weight is 486 g/mol. The molecule has 1 aliphatic rings. The van der Waals surface area contributed by atoms with Gasteiger partial charge in [0.05, 0.1) is 41.5 Å². The summed E-state index contributed by atoms with van der Waals surface area (Å²) in [6.07, 6.45) is 1.62. The Morgan fingerprint density at radius 1 is 1.06 bits per heavy atom. The summed E-state index contributed by atoms with van der Waals surface area (Å²) >= 11 is 6.27. The molecular formula is C27H24ClN5O2. The van der Waals surface area contributed by atoms with E-state index in [-0.39, 0.29) is 0 Å². The molecule has 0 spiro atoms. The van der Waals surface area contributed by atoms with E-state index in [4.69, 9.17) is 26.1 Å². The van der Waals surface area contributed by atoms with Crippen LogP contribution in [0.25, 0.3) is 21.8 Å². The van der Waals surface area contributed by atoms with Crippen LogP contribution < -0.4 is 15.4 Å². The second-order valence-corrected chi connectivity index (χ2v) is 9.04. The zero-order valence-corrected chi connectivity index (χ0v) is 19.9. The Hall–Kier alpha value is -3.81. The van der Waals surface area contributed by atoms with Crippen LogP contribution in [-0.2, 0) is 18.3 Å². The molecule has 0 unspecified atom stereocenters. The molecule has 0 amide bonds. The Balaban J connectivity index is 1.14. The molecule has 6 rings (SSSR count). The Labute approximate surface area is 207 Å². The van der Waals surface area contributed by atoms with E-state index in [0.29, 0.717) is 29.2 Å². The van der Waals surface area contributed by atoms with Crippen molar-refractivity contribution in [2.75, 3.05) is 23.8 Å². The minimum absolute atomic E-state index is 0.388. The summed E-state index contributed by atoms with van der Waals surface area (Å²) in [6, 6.07) is 22.4. The van der Waals surface area contributed by atoms with E-state index in [2.05, 4.69) is 32.3 Å². The molecule has 0 atom stereocenters. The van der Waals surface area contributed by atoms with Crippen LogP contribution >= 0.6 is 11.6 Å². The molecule has 3 aromatic carbocycles. The molecule has 0 radical (unpaired) electrons.